The number of hydrogen-bond donors (Lipinski definition) is 1. The number of carbonyl (C=O) groups is 1. The molecule has 21 heavy (non-hydrogen) atoms. The second kappa shape index (κ2) is 7.12. The molecule has 1 aromatic heterocycles. The molecule has 1 saturated heterocycles. The Bertz CT molecular complexity index is 602. The van der Waals surface area contributed by atoms with Crippen LogP contribution in [0.5, 0.6) is 0 Å². The van der Waals surface area contributed by atoms with Gasteiger partial charge in [-0.3, -0.25) is 4.79 Å². The number of aromatic nitrogens is 2. The van der Waals surface area contributed by atoms with Crippen molar-refractivity contribution in [3.05, 3.63) is 0 Å². The molecule has 0 bridgehead atoms. The molecular formula is C11H17BrN4O3S2. The fraction of sp³-hybridized carbons (Fsp3) is 0.727. The molecule has 0 saturated carbocycles. The van der Waals surface area contributed by atoms with Crippen molar-refractivity contribution in [3.8, 4) is 0 Å². The van der Waals surface area contributed by atoms with Crippen LogP contribution in [0.1, 0.15) is 26.2 Å². The number of hydrogen-bond acceptors (Lipinski definition) is 6. The highest BCUT2D eigenvalue weighted by molar-refractivity contribution is 9.09. The Morgan fingerprint density at radius 3 is 2.95 bits per heavy atom. The largest absolute Gasteiger partial charge is 0.301 e. The Balaban J connectivity index is 2.13. The van der Waals surface area contributed by atoms with Crippen molar-refractivity contribution in [2.24, 2.45) is 5.92 Å². The summed E-state index contributed by atoms with van der Waals surface area (Å²) in [5.41, 5.74) is 0. The van der Waals surface area contributed by atoms with E-state index in [1.807, 2.05) is 0 Å². The van der Waals surface area contributed by atoms with E-state index in [-0.39, 0.29) is 15.4 Å². The van der Waals surface area contributed by atoms with Crippen LogP contribution in [0.4, 0.5) is 5.13 Å². The van der Waals surface area contributed by atoms with Crippen molar-refractivity contribution in [2.75, 3.05) is 23.7 Å². The number of nitrogens with zero attached hydrogens (tertiary/aromatic N) is 3. The third-order valence-corrected chi connectivity index (χ3v) is 6.76. The first-order valence-corrected chi connectivity index (χ1v) is 9.98. The van der Waals surface area contributed by atoms with Crippen LogP contribution in [0.25, 0.3) is 0 Å². The normalized spacial score (nSPS) is 20.4. The first-order valence-electron chi connectivity index (χ1n) is 6.60. The van der Waals surface area contributed by atoms with Crippen LogP contribution in [-0.4, -0.2) is 47.2 Å². The second-order valence-corrected chi connectivity index (χ2v) is 8.79. The van der Waals surface area contributed by atoms with Crippen LogP contribution in [-0.2, 0) is 14.8 Å². The van der Waals surface area contributed by atoms with Gasteiger partial charge in [0.25, 0.3) is 10.0 Å². The zero-order valence-electron chi connectivity index (χ0n) is 11.6. The van der Waals surface area contributed by atoms with Gasteiger partial charge >= 0.3 is 0 Å². The van der Waals surface area contributed by atoms with Gasteiger partial charge in [0.2, 0.25) is 15.4 Å². The number of carbonyl (C=O) groups excluding carboxylic acids is 1. The van der Waals surface area contributed by atoms with Gasteiger partial charge in [-0.15, -0.1) is 10.2 Å². The van der Waals surface area contributed by atoms with Gasteiger partial charge in [-0.25, -0.2) is 8.42 Å². The number of sulfonamides is 1. The summed E-state index contributed by atoms with van der Waals surface area (Å²) in [6.07, 6.45) is 2.86. The summed E-state index contributed by atoms with van der Waals surface area (Å²) in [5.74, 6) is 0.0705. The minimum Gasteiger partial charge on any atom is -0.301 e. The summed E-state index contributed by atoms with van der Waals surface area (Å²) in [4.78, 5) is 11.0. The Morgan fingerprint density at radius 2 is 2.29 bits per heavy atom. The average Bonchev–Trinajstić information content (AvgIpc) is 2.88. The topological polar surface area (TPSA) is 92.3 Å². The van der Waals surface area contributed by atoms with Crippen molar-refractivity contribution >= 4 is 48.3 Å². The van der Waals surface area contributed by atoms with Crippen LogP contribution < -0.4 is 5.32 Å². The molecule has 0 aromatic carbocycles. The molecule has 1 N–H and O–H groups in total. The van der Waals surface area contributed by atoms with Crippen molar-refractivity contribution in [2.45, 2.75) is 30.5 Å². The summed E-state index contributed by atoms with van der Waals surface area (Å²) in [7, 11) is -3.62. The molecule has 7 nitrogen and oxygen atoms in total. The molecule has 1 fully saturated rings. The Labute approximate surface area is 136 Å². The van der Waals surface area contributed by atoms with Gasteiger partial charge in [-0.1, -0.05) is 27.3 Å². The van der Waals surface area contributed by atoms with Crippen LogP contribution in [0, 0.1) is 5.92 Å². The number of piperidine rings is 1. The zero-order chi connectivity index (χ0) is 15.5. The van der Waals surface area contributed by atoms with E-state index in [2.05, 4.69) is 31.4 Å². The van der Waals surface area contributed by atoms with Crippen LogP contribution >= 0.6 is 27.3 Å². The van der Waals surface area contributed by atoms with Crippen molar-refractivity contribution in [1.29, 1.82) is 0 Å². The number of anilines is 1. The van der Waals surface area contributed by atoms with Gasteiger partial charge in [0.15, 0.2) is 0 Å². The van der Waals surface area contributed by atoms with E-state index in [1.165, 1.54) is 11.2 Å². The maximum atomic E-state index is 12.5. The smallest absolute Gasteiger partial charge is 0.272 e. The predicted octanol–water partition coefficient (Wildman–Crippen LogP) is 1.68. The van der Waals surface area contributed by atoms with E-state index in [1.54, 1.807) is 0 Å². The molecule has 1 unspecified atom stereocenters. The highest BCUT2D eigenvalue weighted by Crippen LogP contribution is 2.28. The lowest BCUT2D eigenvalue weighted by Crippen LogP contribution is -2.39. The molecule has 1 aliphatic rings. The number of halogens is 1. The van der Waals surface area contributed by atoms with Gasteiger partial charge in [-0.05, 0) is 25.2 Å². The molecule has 1 amide bonds. The van der Waals surface area contributed by atoms with Crippen LogP contribution in [0.3, 0.4) is 0 Å². The fourth-order valence-corrected chi connectivity index (χ4v) is 5.55. The predicted molar refractivity (Wildman–Crippen MR) is 84.1 cm³/mol. The molecule has 10 heteroatoms. The molecular weight excluding hydrogens is 380 g/mol. The maximum Gasteiger partial charge on any atom is 0.272 e. The lowest BCUT2D eigenvalue weighted by atomic mass is 9.97. The number of nitrogens with one attached hydrogen (secondary N) is 1. The van der Waals surface area contributed by atoms with Gasteiger partial charge in [0.05, 0.1) is 0 Å². The van der Waals surface area contributed by atoms with Crippen molar-refractivity contribution in [1.82, 2.24) is 14.5 Å². The molecule has 0 spiro atoms. The number of amides is 1. The maximum absolute atomic E-state index is 12.5. The summed E-state index contributed by atoms with van der Waals surface area (Å²) in [5, 5.41) is 10.9. The highest BCUT2D eigenvalue weighted by atomic mass is 79.9. The number of rotatable bonds is 5. The Hall–Kier alpha value is -0.580. The fourth-order valence-electron chi connectivity index (χ4n) is 2.26. The van der Waals surface area contributed by atoms with Crippen LogP contribution in [0.15, 0.2) is 4.34 Å². The SMILES string of the molecule is CC(=O)Nc1nnc(S(=O)(=O)N2CCCC(CCBr)C2)s1. The Kier molecular flexibility index (Phi) is 5.69. The lowest BCUT2D eigenvalue weighted by molar-refractivity contribution is -0.114. The monoisotopic (exact) mass is 396 g/mol. The molecule has 118 valence electrons. The molecule has 1 aromatic rings. The van der Waals surface area contributed by atoms with Gasteiger partial charge in [0, 0.05) is 25.3 Å². The summed E-state index contributed by atoms with van der Waals surface area (Å²) < 4.78 is 26.5. The van der Waals surface area contributed by atoms with E-state index in [9.17, 15) is 13.2 Å². The minimum absolute atomic E-state index is 0.0641. The van der Waals surface area contributed by atoms with E-state index in [0.29, 0.717) is 19.0 Å². The van der Waals surface area contributed by atoms with Gasteiger partial charge < -0.3 is 5.32 Å². The first kappa shape index (κ1) is 16.8. The molecule has 0 radical (unpaired) electrons. The summed E-state index contributed by atoms with van der Waals surface area (Å²) in [6, 6.07) is 0. The average molecular weight is 397 g/mol. The summed E-state index contributed by atoms with van der Waals surface area (Å²) >= 11 is 4.28. The minimum atomic E-state index is -3.62. The lowest BCUT2D eigenvalue weighted by Gasteiger charge is -2.30. The third-order valence-electron chi connectivity index (χ3n) is 3.25. The van der Waals surface area contributed by atoms with E-state index in [4.69, 9.17) is 0 Å². The van der Waals surface area contributed by atoms with Gasteiger partial charge in [0.1, 0.15) is 0 Å². The van der Waals surface area contributed by atoms with Crippen LogP contribution in [0.2, 0.25) is 0 Å². The summed E-state index contributed by atoms with van der Waals surface area (Å²) in [6.45, 7) is 2.37. The molecule has 0 aliphatic carbocycles. The standard InChI is InChI=1S/C11H17BrN4O3S2/c1-8(17)13-10-14-15-11(20-10)21(18,19)16-6-2-3-9(7-16)4-5-12/h9H,2-7H2,1H3,(H,13,14,17). The number of alkyl halides is 1. The molecule has 1 atom stereocenters. The molecule has 2 heterocycles. The van der Waals surface area contributed by atoms with Gasteiger partial charge in [-0.2, -0.15) is 4.31 Å². The van der Waals surface area contributed by atoms with Crippen molar-refractivity contribution in [3.63, 3.8) is 0 Å². The third kappa shape index (κ3) is 4.21. The van der Waals surface area contributed by atoms with E-state index >= 15 is 0 Å². The molecule has 1 aliphatic heterocycles. The second-order valence-electron chi connectivity index (χ2n) is 4.90. The zero-order valence-corrected chi connectivity index (χ0v) is 14.8. The first-order chi connectivity index (χ1) is 9.93. The molecule has 2 rings (SSSR count). The van der Waals surface area contributed by atoms with E-state index in [0.717, 1.165) is 35.9 Å². The highest BCUT2D eigenvalue weighted by Gasteiger charge is 2.32. The Morgan fingerprint density at radius 1 is 1.52 bits per heavy atom. The quantitative estimate of drug-likeness (QED) is 0.603. The van der Waals surface area contributed by atoms with E-state index < -0.39 is 10.0 Å². The van der Waals surface area contributed by atoms with Crippen molar-refractivity contribution < 1.29 is 13.2 Å².